The molecule has 0 aromatic carbocycles. The first-order chi connectivity index (χ1) is 6.63. The summed E-state index contributed by atoms with van der Waals surface area (Å²) in [5.41, 5.74) is 0. The van der Waals surface area contributed by atoms with Gasteiger partial charge in [-0.2, -0.15) is 5.26 Å². The predicted octanol–water partition coefficient (Wildman–Crippen LogP) is 1.73. The molecule has 0 heterocycles. The third-order valence-electron chi connectivity index (χ3n) is 1.87. The van der Waals surface area contributed by atoms with Crippen molar-refractivity contribution in [2.75, 3.05) is 13.1 Å². The SMILES string of the molecule is CCCNC(=O)N(CCC#N)C(C)C. The van der Waals surface area contributed by atoms with E-state index in [-0.39, 0.29) is 12.1 Å². The van der Waals surface area contributed by atoms with Gasteiger partial charge in [-0.15, -0.1) is 0 Å². The maximum absolute atomic E-state index is 11.6. The molecule has 1 N–H and O–H groups in total. The van der Waals surface area contributed by atoms with Gasteiger partial charge in [-0.1, -0.05) is 6.92 Å². The molecule has 80 valence electrons. The molecule has 0 aromatic heterocycles. The van der Waals surface area contributed by atoms with E-state index in [9.17, 15) is 4.79 Å². The summed E-state index contributed by atoms with van der Waals surface area (Å²) in [6, 6.07) is 2.11. The van der Waals surface area contributed by atoms with Crippen molar-refractivity contribution in [3.05, 3.63) is 0 Å². The second kappa shape index (κ2) is 7.19. The number of rotatable bonds is 5. The maximum atomic E-state index is 11.6. The predicted molar refractivity (Wildman–Crippen MR) is 55.8 cm³/mol. The van der Waals surface area contributed by atoms with Crippen molar-refractivity contribution in [2.45, 2.75) is 39.7 Å². The molecule has 4 nitrogen and oxygen atoms in total. The molecular formula is C10H19N3O. The normalized spacial score (nSPS) is 9.64. The molecule has 0 atom stereocenters. The van der Waals surface area contributed by atoms with Crippen LogP contribution in [0.1, 0.15) is 33.6 Å². The van der Waals surface area contributed by atoms with Gasteiger partial charge in [0.15, 0.2) is 0 Å². The van der Waals surface area contributed by atoms with Gasteiger partial charge in [0.25, 0.3) is 0 Å². The van der Waals surface area contributed by atoms with Crippen LogP contribution in [0.25, 0.3) is 0 Å². The van der Waals surface area contributed by atoms with Crippen LogP contribution in [-0.4, -0.2) is 30.1 Å². The topological polar surface area (TPSA) is 56.1 Å². The van der Waals surface area contributed by atoms with Crippen molar-refractivity contribution in [2.24, 2.45) is 0 Å². The molecule has 0 rings (SSSR count). The molecule has 0 aromatic rings. The summed E-state index contributed by atoms with van der Waals surface area (Å²) < 4.78 is 0. The third-order valence-corrected chi connectivity index (χ3v) is 1.87. The smallest absolute Gasteiger partial charge is 0.317 e. The second-order valence-electron chi connectivity index (χ2n) is 3.43. The van der Waals surface area contributed by atoms with Gasteiger partial charge >= 0.3 is 6.03 Å². The Bertz CT molecular complexity index is 208. The van der Waals surface area contributed by atoms with Gasteiger partial charge in [-0.3, -0.25) is 0 Å². The number of carbonyl (C=O) groups excluding carboxylic acids is 1. The van der Waals surface area contributed by atoms with Gasteiger partial charge < -0.3 is 10.2 Å². The molecule has 0 saturated heterocycles. The largest absolute Gasteiger partial charge is 0.338 e. The second-order valence-corrected chi connectivity index (χ2v) is 3.43. The van der Waals surface area contributed by atoms with Crippen LogP contribution < -0.4 is 5.32 Å². The van der Waals surface area contributed by atoms with Crippen molar-refractivity contribution >= 4 is 6.03 Å². The van der Waals surface area contributed by atoms with Crippen LogP contribution in [0.5, 0.6) is 0 Å². The van der Waals surface area contributed by atoms with Crippen LogP contribution in [-0.2, 0) is 0 Å². The highest BCUT2D eigenvalue weighted by atomic mass is 16.2. The summed E-state index contributed by atoms with van der Waals surface area (Å²) in [6.07, 6.45) is 1.31. The molecule has 2 amide bonds. The standard InChI is InChI=1S/C10H19N3O/c1-4-7-12-10(14)13(9(2)3)8-5-6-11/h9H,4-5,7-8H2,1-3H3,(H,12,14). The van der Waals surface area contributed by atoms with Crippen LogP contribution in [0.2, 0.25) is 0 Å². The highest BCUT2D eigenvalue weighted by Crippen LogP contribution is 1.99. The number of nitriles is 1. The van der Waals surface area contributed by atoms with E-state index in [0.29, 0.717) is 19.5 Å². The van der Waals surface area contributed by atoms with E-state index in [0.717, 1.165) is 6.42 Å². The van der Waals surface area contributed by atoms with E-state index in [1.807, 2.05) is 26.8 Å². The van der Waals surface area contributed by atoms with E-state index in [2.05, 4.69) is 5.32 Å². The van der Waals surface area contributed by atoms with Crippen LogP contribution in [0, 0.1) is 11.3 Å². The zero-order valence-corrected chi connectivity index (χ0v) is 9.21. The van der Waals surface area contributed by atoms with Crippen LogP contribution in [0.15, 0.2) is 0 Å². The number of nitrogens with one attached hydrogen (secondary N) is 1. The lowest BCUT2D eigenvalue weighted by Gasteiger charge is -2.25. The summed E-state index contributed by atoms with van der Waals surface area (Å²) in [7, 11) is 0. The maximum Gasteiger partial charge on any atom is 0.317 e. The summed E-state index contributed by atoms with van der Waals surface area (Å²) in [4.78, 5) is 13.2. The van der Waals surface area contributed by atoms with Gasteiger partial charge in [0.2, 0.25) is 0 Å². The molecule has 14 heavy (non-hydrogen) atoms. The van der Waals surface area contributed by atoms with Crippen LogP contribution >= 0.6 is 0 Å². The minimum atomic E-state index is -0.0721. The Morgan fingerprint density at radius 2 is 2.21 bits per heavy atom. The molecule has 0 spiro atoms. The van der Waals surface area contributed by atoms with E-state index in [1.165, 1.54) is 0 Å². The third kappa shape index (κ3) is 4.70. The first-order valence-electron chi connectivity index (χ1n) is 5.04. The Labute approximate surface area is 85.9 Å². The Balaban J connectivity index is 4.06. The number of hydrogen-bond donors (Lipinski definition) is 1. The van der Waals surface area contributed by atoms with Gasteiger partial charge in [0.1, 0.15) is 0 Å². The summed E-state index contributed by atoms with van der Waals surface area (Å²) >= 11 is 0. The minimum Gasteiger partial charge on any atom is -0.338 e. The molecule has 0 bridgehead atoms. The van der Waals surface area contributed by atoms with Crippen molar-refractivity contribution in [3.8, 4) is 6.07 Å². The molecule has 0 aliphatic rings. The summed E-state index contributed by atoms with van der Waals surface area (Å²) in [5.74, 6) is 0. The highest BCUT2D eigenvalue weighted by Gasteiger charge is 2.14. The summed E-state index contributed by atoms with van der Waals surface area (Å²) in [5, 5.41) is 11.2. The van der Waals surface area contributed by atoms with E-state index >= 15 is 0 Å². The van der Waals surface area contributed by atoms with Crippen molar-refractivity contribution in [1.82, 2.24) is 10.2 Å². The van der Waals surface area contributed by atoms with E-state index in [4.69, 9.17) is 5.26 Å². The van der Waals surface area contributed by atoms with Crippen LogP contribution in [0.4, 0.5) is 4.79 Å². The average molecular weight is 197 g/mol. The lowest BCUT2D eigenvalue weighted by atomic mass is 10.3. The molecular weight excluding hydrogens is 178 g/mol. The van der Waals surface area contributed by atoms with Crippen LogP contribution in [0.3, 0.4) is 0 Å². The van der Waals surface area contributed by atoms with Gasteiger partial charge in [0.05, 0.1) is 12.5 Å². The molecule has 0 radical (unpaired) electrons. The lowest BCUT2D eigenvalue weighted by Crippen LogP contribution is -2.44. The zero-order valence-electron chi connectivity index (χ0n) is 9.21. The number of carbonyl (C=O) groups is 1. The quantitative estimate of drug-likeness (QED) is 0.729. The fourth-order valence-electron chi connectivity index (χ4n) is 1.10. The number of hydrogen-bond acceptors (Lipinski definition) is 2. The first kappa shape index (κ1) is 12.8. The minimum absolute atomic E-state index is 0.0721. The highest BCUT2D eigenvalue weighted by molar-refractivity contribution is 5.74. The Morgan fingerprint density at radius 1 is 1.57 bits per heavy atom. The van der Waals surface area contributed by atoms with Crippen molar-refractivity contribution in [3.63, 3.8) is 0 Å². The zero-order chi connectivity index (χ0) is 11.0. The molecule has 0 aliphatic carbocycles. The molecule has 0 saturated carbocycles. The first-order valence-corrected chi connectivity index (χ1v) is 5.04. The van der Waals surface area contributed by atoms with Gasteiger partial charge in [-0.05, 0) is 20.3 Å². The van der Waals surface area contributed by atoms with Gasteiger partial charge in [0, 0.05) is 19.1 Å². The van der Waals surface area contributed by atoms with Crippen molar-refractivity contribution in [1.29, 1.82) is 5.26 Å². The van der Waals surface area contributed by atoms with Gasteiger partial charge in [-0.25, -0.2) is 4.79 Å². The molecule has 0 aliphatic heterocycles. The number of nitrogens with zero attached hydrogens (tertiary/aromatic N) is 2. The Kier molecular flexibility index (Phi) is 6.55. The van der Waals surface area contributed by atoms with E-state index < -0.39 is 0 Å². The molecule has 0 unspecified atom stereocenters. The summed E-state index contributed by atoms with van der Waals surface area (Å²) in [6.45, 7) is 7.10. The number of urea groups is 1. The lowest BCUT2D eigenvalue weighted by molar-refractivity contribution is 0.185. The Hall–Kier alpha value is -1.24. The fourth-order valence-corrected chi connectivity index (χ4v) is 1.10. The number of amides is 2. The van der Waals surface area contributed by atoms with Crippen molar-refractivity contribution < 1.29 is 4.79 Å². The molecule has 0 fully saturated rings. The average Bonchev–Trinajstić information content (AvgIpc) is 2.14. The Morgan fingerprint density at radius 3 is 2.64 bits per heavy atom. The monoisotopic (exact) mass is 197 g/mol. The fraction of sp³-hybridized carbons (Fsp3) is 0.800. The molecule has 4 heteroatoms. The van der Waals surface area contributed by atoms with E-state index in [1.54, 1.807) is 4.90 Å².